The Morgan fingerprint density at radius 2 is 2.35 bits per heavy atom. The van der Waals surface area contributed by atoms with E-state index in [1.54, 1.807) is 29.2 Å². The van der Waals surface area contributed by atoms with Crippen LogP contribution in [0.3, 0.4) is 0 Å². The van der Waals surface area contributed by atoms with E-state index in [0.717, 1.165) is 0 Å². The molecule has 0 fully saturated rings. The third-order valence-electron chi connectivity index (χ3n) is 2.06. The lowest BCUT2D eigenvalue weighted by molar-refractivity contribution is 0.141. The molecule has 2 heterocycles. The average Bonchev–Trinajstić information content (AvgIpc) is 2.91. The van der Waals surface area contributed by atoms with E-state index in [-0.39, 0.29) is 5.69 Å². The largest absolute Gasteiger partial charge is 0.451 e. The first-order valence-corrected chi connectivity index (χ1v) is 4.75. The van der Waals surface area contributed by atoms with Crippen LogP contribution in [-0.2, 0) is 4.74 Å². The van der Waals surface area contributed by atoms with Gasteiger partial charge in [0.1, 0.15) is 0 Å². The van der Waals surface area contributed by atoms with Crippen LogP contribution in [0.1, 0.15) is 0 Å². The first-order chi connectivity index (χ1) is 8.22. The highest BCUT2D eigenvalue weighted by Crippen LogP contribution is 2.13. The number of ether oxygens (including phenoxy) is 1. The zero-order valence-electron chi connectivity index (χ0n) is 9.02. The van der Waals surface area contributed by atoms with Crippen molar-refractivity contribution in [1.29, 1.82) is 0 Å². The summed E-state index contributed by atoms with van der Waals surface area (Å²) in [6, 6.07) is 4.91. The van der Waals surface area contributed by atoms with Gasteiger partial charge in [0.05, 0.1) is 19.0 Å². The molecular formula is C10H10N4O3. The SMILES string of the molecule is COC(=O)N(O)c1ccc(-n2cccn2)nc1. The van der Waals surface area contributed by atoms with Gasteiger partial charge in [0.2, 0.25) is 0 Å². The van der Waals surface area contributed by atoms with Crippen molar-refractivity contribution in [2.24, 2.45) is 0 Å². The van der Waals surface area contributed by atoms with Gasteiger partial charge in [-0.1, -0.05) is 0 Å². The van der Waals surface area contributed by atoms with Gasteiger partial charge in [-0.15, -0.1) is 0 Å². The molecule has 17 heavy (non-hydrogen) atoms. The molecule has 0 aliphatic heterocycles. The maximum atomic E-state index is 11.0. The van der Waals surface area contributed by atoms with Gasteiger partial charge in [0.25, 0.3) is 0 Å². The highest BCUT2D eigenvalue weighted by Gasteiger charge is 2.13. The van der Waals surface area contributed by atoms with E-state index in [2.05, 4.69) is 14.8 Å². The molecular weight excluding hydrogens is 224 g/mol. The average molecular weight is 234 g/mol. The van der Waals surface area contributed by atoms with Gasteiger partial charge in [-0.2, -0.15) is 10.2 Å². The first kappa shape index (κ1) is 11.1. The molecule has 0 aromatic carbocycles. The van der Waals surface area contributed by atoms with Crippen LogP contribution < -0.4 is 5.06 Å². The van der Waals surface area contributed by atoms with Crippen molar-refractivity contribution in [1.82, 2.24) is 14.8 Å². The number of carbonyl (C=O) groups is 1. The minimum absolute atomic E-state index is 0.216. The highest BCUT2D eigenvalue weighted by atomic mass is 16.6. The number of hydrogen-bond acceptors (Lipinski definition) is 5. The second-order valence-corrected chi connectivity index (χ2v) is 3.11. The summed E-state index contributed by atoms with van der Waals surface area (Å²) in [5.74, 6) is 0.581. The molecule has 0 saturated heterocycles. The van der Waals surface area contributed by atoms with E-state index in [1.807, 2.05) is 0 Å². The molecule has 0 spiro atoms. The van der Waals surface area contributed by atoms with Gasteiger partial charge < -0.3 is 4.74 Å². The van der Waals surface area contributed by atoms with Crippen molar-refractivity contribution >= 4 is 11.8 Å². The maximum Gasteiger partial charge on any atom is 0.438 e. The molecule has 1 amide bonds. The fraction of sp³-hybridized carbons (Fsp3) is 0.100. The molecule has 0 aliphatic rings. The molecule has 0 saturated carbocycles. The number of pyridine rings is 1. The number of amides is 1. The molecule has 0 aliphatic carbocycles. The van der Waals surface area contributed by atoms with E-state index in [0.29, 0.717) is 10.9 Å². The molecule has 0 unspecified atom stereocenters. The molecule has 7 nitrogen and oxygen atoms in total. The Morgan fingerprint density at radius 3 is 2.88 bits per heavy atom. The molecule has 7 heteroatoms. The van der Waals surface area contributed by atoms with Gasteiger partial charge in [-0.05, 0) is 18.2 Å². The van der Waals surface area contributed by atoms with Crippen LogP contribution in [0.2, 0.25) is 0 Å². The van der Waals surface area contributed by atoms with Gasteiger partial charge >= 0.3 is 6.09 Å². The van der Waals surface area contributed by atoms with Crippen molar-refractivity contribution in [2.75, 3.05) is 12.2 Å². The lowest BCUT2D eigenvalue weighted by atomic mass is 10.4. The van der Waals surface area contributed by atoms with Crippen molar-refractivity contribution in [2.45, 2.75) is 0 Å². The summed E-state index contributed by atoms with van der Waals surface area (Å²) in [6.45, 7) is 0. The van der Waals surface area contributed by atoms with Crippen molar-refractivity contribution < 1.29 is 14.7 Å². The van der Waals surface area contributed by atoms with Crippen molar-refractivity contribution in [3.05, 3.63) is 36.8 Å². The van der Waals surface area contributed by atoms with E-state index in [9.17, 15) is 10.0 Å². The van der Waals surface area contributed by atoms with Crippen LogP contribution in [0, 0.1) is 0 Å². The Hall–Kier alpha value is -2.41. The highest BCUT2D eigenvalue weighted by molar-refractivity contribution is 5.84. The van der Waals surface area contributed by atoms with Crippen LogP contribution in [0.5, 0.6) is 0 Å². The summed E-state index contributed by atoms with van der Waals surface area (Å²) in [6.07, 6.45) is 3.83. The standard InChI is InChI=1S/C10H10N4O3/c1-17-10(15)14(16)8-3-4-9(11-7-8)13-6-2-5-12-13/h2-7,16H,1H3. The summed E-state index contributed by atoms with van der Waals surface area (Å²) < 4.78 is 5.92. The lowest BCUT2D eigenvalue weighted by Gasteiger charge is -2.12. The number of aromatic nitrogens is 3. The van der Waals surface area contributed by atoms with Crippen LogP contribution in [-0.4, -0.2) is 33.2 Å². The van der Waals surface area contributed by atoms with Crippen LogP contribution in [0.4, 0.5) is 10.5 Å². The fourth-order valence-corrected chi connectivity index (χ4v) is 1.24. The van der Waals surface area contributed by atoms with Gasteiger partial charge in [-0.25, -0.2) is 14.5 Å². The molecule has 2 rings (SSSR count). The third kappa shape index (κ3) is 2.23. The first-order valence-electron chi connectivity index (χ1n) is 4.75. The van der Waals surface area contributed by atoms with Gasteiger partial charge in [0.15, 0.2) is 5.82 Å². The lowest BCUT2D eigenvalue weighted by Crippen LogP contribution is -2.26. The number of hydrogen-bond donors (Lipinski definition) is 1. The number of carbonyl (C=O) groups excluding carboxylic acids is 1. The molecule has 0 bridgehead atoms. The molecule has 0 atom stereocenters. The fourth-order valence-electron chi connectivity index (χ4n) is 1.24. The van der Waals surface area contributed by atoms with Crippen molar-refractivity contribution in [3.63, 3.8) is 0 Å². The Kier molecular flexibility index (Phi) is 3.01. The van der Waals surface area contributed by atoms with Gasteiger partial charge in [0, 0.05) is 12.4 Å². The number of anilines is 1. The number of nitrogens with zero attached hydrogens (tertiary/aromatic N) is 4. The number of methoxy groups -OCH3 is 1. The summed E-state index contributed by atoms with van der Waals surface area (Å²) in [5, 5.41) is 13.8. The van der Waals surface area contributed by atoms with Crippen LogP contribution in [0.15, 0.2) is 36.8 Å². The Labute approximate surface area is 96.8 Å². The molecule has 2 aromatic rings. The molecule has 88 valence electrons. The summed E-state index contributed by atoms with van der Waals surface area (Å²) in [4.78, 5) is 15.1. The normalized spacial score (nSPS) is 10.0. The molecule has 0 radical (unpaired) electrons. The zero-order valence-corrected chi connectivity index (χ0v) is 9.02. The Morgan fingerprint density at radius 1 is 1.53 bits per heavy atom. The topological polar surface area (TPSA) is 80.5 Å². The minimum Gasteiger partial charge on any atom is -0.451 e. The van der Waals surface area contributed by atoms with Gasteiger partial charge in [-0.3, -0.25) is 5.21 Å². The van der Waals surface area contributed by atoms with E-state index >= 15 is 0 Å². The summed E-state index contributed by atoms with van der Waals surface area (Å²) >= 11 is 0. The monoisotopic (exact) mass is 234 g/mol. The van der Waals surface area contributed by atoms with E-state index < -0.39 is 6.09 Å². The third-order valence-corrected chi connectivity index (χ3v) is 2.06. The summed E-state index contributed by atoms with van der Waals surface area (Å²) in [5.41, 5.74) is 0.216. The second-order valence-electron chi connectivity index (χ2n) is 3.11. The minimum atomic E-state index is -0.876. The number of hydroxylamine groups is 1. The smallest absolute Gasteiger partial charge is 0.438 e. The van der Waals surface area contributed by atoms with Crippen LogP contribution >= 0.6 is 0 Å². The Balaban J connectivity index is 2.21. The molecule has 1 N–H and O–H groups in total. The Bertz CT molecular complexity index is 495. The molecule has 2 aromatic heterocycles. The quantitative estimate of drug-likeness (QED) is 0.624. The van der Waals surface area contributed by atoms with E-state index in [4.69, 9.17) is 0 Å². The predicted octanol–water partition coefficient (Wildman–Crippen LogP) is 1.23. The number of rotatable bonds is 2. The predicted molar refractivity (Wildman–Crippen MR) is 58.0 cm³/mol. The summed E-state index contributed by atoms with van der Waals surface area (Å²) in [7, 11) is 1.18. The van der Waals surface area contributed by atoms with E-state index in [1.165, 1.54) is 19.4 Å². The van der Waals surface area contributed by atoms with Crippen molar-refractivity contribution in [3.8, 4) is 5.82 Å². The zero-order chi connectivity index (χ0) is 12.3. The van der Waals surface area contributed by atoms with Crippen LogP contribution in [0.25, 0.3) is 5.82 Å². The maximum absolute atomic E-state index is 11.0. The second kappa shape index (κ2) is 4.62.